The predicted octanol–water partition coefficient (Wildman–Crippen LogP) is 2.72. The number of phenolic OH excluding ortho intramolecular Hbond substituents is 1. The molecule has 1 N–H and O–H groups in total. The summed E-state index contributed by atoms with van der Waals surface area (Å²) < 4.78 is 8.14. The van der Waals surface area contributed by atoms with Gasteiger partial charge in [-0.15, -0.1) is 5.10 Å². The Morgan fingerprint density at radius 2 is 1.95 bits per heavy atom. The lowest BCUT2D eigenvalue weighted by molar-refractivity contribution is 0.454. The van der Waals surface area contributed by atoms with Crippen molar-refractivity contribution in [2.75, 3.05) is 0 Å². The van der Waals surface area contributed by atoms with E-state index in [1.807, 2.05) is 0 Å². The number of para-hydroxylation sites is 2. The van der Waals surface area contributed by atoms with Gasteiger partial charge >= 0.3 is 5.69 Å². The molecular formula is C15H12ClN3O3. The van der Waals surface area contributed by atoms with Crippen molar-refractivity contribution in [1.29, 1.82) is 0 Å². The summed E-state index contributed by atoms with van der Waals surface area (Å²) in [4.78, 5) is 12.1. The average Bonchev–Trinajstić information content (AvgIpc) is 2.73. The van der Waals surface area contributed by atoms with Crippen LogP contribution in [0.25, 0.3) is 5.69 Å². The van der Waals surface area contributed by atoms with E-state index in [4.69, 9.17) is 16.3 Å². The van der Waals surface area contributed by atoms with E-state index in [9.17, 15) is 9.90 Å². The number of aromatic nitrogens is 3. The summed E-state index contributed by atoms with van der Waals surface area (Å²) in [5.41, 5.74) is 0.0888. The molecule has 0 unspecified atom stereocenters. The topological polar surface area (TPSA) is 69.3 Å². The minimum atomic E-state index is -0.378. The minimum Gasteiger partial charge on any atom is -0.508 e. The Kier molecular flexibility index (Phi) is 3.60. The predicted molar refractivity (Wildman–Crippen MR) is 82.0 cm³/mol. The number of ether oxygens (including phenoxy) is 1. The van der Waals surface area contributed by atoms with Crippen LogP contribution in [0.1, 0.15) is 0 Å². The molecule has 112 valence electrons. The summed E-state index contributed by atoms with van der Waals surface area (Å²) in [6.45, 7) is 0. The first-order valence-electron chi connectivity index (χ1n) is 6.44. The largest absolute Gasteiger partial charge is 0.508 e. The number of benzene rings is 2. The highest BCUT2D eigenvalue weighted by Gasteiger charge is 2.15. The lowest BCUT2D eigenvalue weighted by Crippen LogP contribution is -2.21. The van der Waals surface area contributed by atoms with Gasteiger partial charge in [0.1, 0.15) is 11.5 Å². The van der Waals surface area contributed by atoms with E-state index in [-0.39, 0.29) is 16.7 Å². The molecule has 0 atom stereocenters. The van der Waals surface area contributed by atoms with Gasteiger partial charge in [-0.2, -0.15) is 0 Å². The van der Waals surface area contributed by atoms with Crippen LogP contribution >= 0.6 is 11.6 Å². The summed E-state index contributed by atoms with van der Waals surface area (Å²) >= 11 is 6.02. The molecular weight excluding hydrogens is 306 g/mol. The fourth-order valence-electron chi connectivity index (χ4n) is 2.04. The Labute approximate surface area is 130 Å². The maximum Gasteiger partial charge on any atom is 0.351 e. The number of hydrogen-bond acceptors (Lipinski definition) is 4. The van der Waals surface area contributed by atoms with Crippen molar-refractivity contribution in [3.8, 4) is 22.9 Å². The smallest absolute Gasteiger partial charge is 0.351 e. The molecule has 3 rings (SSSR count). The molecule has 0 saturated carbocycles. The normalized spacial score (nSPS) is 10.6. The van der Waals surface area contributed by atoms with Crippen molar-refractivity contribution >= 4 is 11.6 Å². The zero-order valence-corrected chi connectivity index (χ0v) is 12.4. The Morgan fingerprint density at radius 3 is 2.64 bits per heavy atom. The first-order valence-corrected chi connectivity index (χ1v) is 6.82. The number of phenols is 1. The third-order valence-corrected chi connectivity index (χ3v) is 3.28. The van der Waals surface area contributed by atoms with Gasteiger partial charge < -0.3 is 9.84 Å². The third kappa shape index (κ3) is 2.56. The van der Waals surface area contributed by atoms with Crippen molar-refractivity contribution in [2.24, 2.45) is 7.05 Å². The molecule has 6 nitrogen and oxygen atoms in total. The Morgan fingerprint density at radius 1 is 1.18 bits per heavy atom. The number of aromatic hydroxyl groups is 1. The van der Waals surface area contributed by atoms with Gasteiger partial charge in [0.15, 0.2) is 5.75 Å². The van der Waals surface area contributed by atoms with Gasteiger partial charge in [0, 0.05) is 13.1 Å². The van der Waals surface area contributed by atoms with Crippen LogP contribution in [0, 0.1) is 0 Å². The summed E-state index contributed by atoms with van der Waals surface area (Å²) in [6, 6.07) is 13.3. The summed E-state index contributed by atoms with van der Waals surface area (Å²) in [5.74, 6) is 0.956. The highest BCUT2D eigenvalue weighted by Crippen LogP contribution is 2.30. The van der Waals surface area contributed by atoms with Crippen LogP contribution in [-0.4, -0.2) is 19.5 Å². The lowest BCUT2D eigenvalue weighted by Gasteiger charge is -2.11. The van der Waals surface area contributed by atoms with Gasteiger partial charge in [-0.05, 0) is 35.9 Å². The number of hydrogen-bond donors (Lipinski definition) is 1. The first-order chi connectivity index (χ1) is 10.6. The maximum atomic E-state index is 12.1. The molecule has 0 aliphatic heterocycles. The highest BCUT2D eigenvalue weighted by molar-refractivity contribution is 6.28. The fraction of sp³-hybridized carbons (Fsp3) is 0.0667. The molecule has 0 fully saturated rings. The highest BCUT2D eigenvalue weighted by atomic mass is 35.5. The van der Waals surface area contributed by atoms with Crippen molar-refractivity contribution in [3.63, 3.8) is 0 Å². The SMILES string of the molecule is Cn1nc(Cl)n(-c2ccccc2Oc2cccc(O)c2)c1=O. The second-order valence-electron chi connectivity index (χ2n) is 4.58. The Bertz CT molecular complexity index is 886. The maximum absolute atomic E-state index is 12.1. The van der Waals surface area contributed by atoms with Crippen molar-refractivity contribution in [1.82, 2.24) is 14.3 Å². The van der Waals surface area contributed by atoms with Crippen LogP contribution in [0.4, 0.5) is 0 Å². The average molecular weight is 318 g/mol. The monoisotopic (exact) mass is 317 g/mol. The van der Waals surface area contributed by atoms with Gasteiger partial charge in [0.25, 0.3) is 0 Å². The van der Waals surface area contributed by atoms with Crippen LogP contribution in [0.15, 0.2) is 53.3 Å². The zero-order chi connectivity index (χ0) is 15.7. The fourth-order valence-corrected chi connectivity index (χ4v) is 2.32. The molecule has 1 heterocycles. The summed E-state index contributed by atoms with van der Waals surface area (Å²) in [7, 11) is 1.52. The molecule has 3 aromatic rings. The van der Waals surface area contributed by atoms with E-state index in [2.05, 4.69) is 5.10 Å². The van der Waals surface area contributed by atoms with Gasteiger partial charge in [-0.3, -0.25) is 0 Å². The molecule has 2 aromatic carbocycles. The molecule has 0 amide bonds. The van der Waals surface area contributed by atoms with E-state index < -0.39 is 0 Å². The number of nitrogens with zero attached hydrogens (tertiary/aromatic N) is 3. The standard InChI is InChI=1S/C15H12ClN3O3/c1-18-15(21)19(14(16)17-18)12-7-2-3-8-13(12)22-11-6-4-5-10(20)9-11/h2-9,20H,1H3. The van der Waals surface area contributed by atoms with E-state index in [0.29, 0.717) is 17.2 Å². The third-order valence-electron chi connectivity index (χ3n) is 3.04. The second-order valence-corrected chi connectivity index (χ2v) is 4.92. The van der Waals surface area contributed by atoms with Crippen LogP contribution in [0.3, 0.4) is 0 Å². The quantitative estimate of drug-likeness (QED) is 0.806. The van der Waals surface area contributed by atoms with Crippen LogP contribution in [0.5, 0.6) is 17.2 Å². The second kappa shape index (κ2) is 5.57. The number of halogens is 1. The van der Waals surface area contributed by atoms with Crippen molar-refractivity contribution in [3.05, 3.63) is 64.3 Å². The first kappa shape index (κ1) is 14.2. The molecule has 0 aliphatic rings. The number of aryl methyl sites for hydroxylation is 1. The van der Waals surface area contributed by atoms with Gasteiger partial charge in [0.05, 0.1) is 5.69 Å². The zero-order valence-electron chi connectivity index (χ0n) is 11.6. The lowest BCUT2D eigenvalue weighted by atomic mass is 10.3. The summed E-state index contributed by atoms with van der Waals surface area (Å²) in [5, 5.41) is 13.4. The molecule has 22 heavy (non-hydrogen) atoms. The Balaban J connectivity index is 2.09. The van der Waals surface area contributed by atoms with Crippen molar-refractivity contribution < 1.29 is 9.84 Å². The Hall–Kier alpha value is -2.73. The van der Waals surface area contributed by atoms with E-state index in [0.717, 1.165) is 4.68 Å². The molecule has 0 saturated heterocycles. The van der Waals surface area contributed by atoms with Crippen LogP contribution in [0.2, 0.25) is 5.28 Å². The van der Waals surface area contributed by atoms with Crippen LogP contribution < -0.4 is 10.4 Å². The van der Waals surface area contributed by atoms with E-state index in [1.165, 1.54) is 17.7 Å². The van der Waals surface area contributed by atoms with Crippen molar-refractivity contribution in [2.45, 2.75) is 0 Å². The molecule has 1 aromatic heterocycles. The molecule has 0 bridgehead atoms. The minimum absolute atomic E-state index is 0.0412. The van der Waals surface area contributed by atoms with Gasteiger partial charge in [-0.25, -0.2) is 14.0 Å². The molecule has 0 aliphatic carbocycles. The molecule has 7 heteroatoms. The van der Waals surface area contributed by atoms with Gasteiger partial charge in [-0.1, -0.05) is 18.2 Å². The molecule has 0 radical (unpaired) electrons. The number of rotatable bonds is 3. The van der Waals surface area contributed by atoms with E-state index in [1.54, 1.807) is 42.5 Å². The van der Waals surface area contributed by atoms with E-state index >= 15 is 0 Å². The van der Waals surface area contributed by atoms with Crippen LogP contribution in [-0.2, 0) is 7.05 Å². The summed E-state index contributed by atoms with van der Waals surface area (Å²) in [6.07, 6.45) is 0. The molecule has 0 spiro atoms. The van der Waals surface area contributed by atoms with Gasteiger partial charge in [0.2, 0.25) is 5.28 Å².